The van der Waals surface area contributed by atoms with Crippen molar-refractivity contribution in [2.24, 2.45) is 0 Å². The minimum absolute atomic E-state index is 0.0478. The number of rotatable bonds is 7. The van der Waals surface area contributed by atoms with E-state index in [0.717, 1.165) is 37.3 Å². The van der Waals surface area contributed by atoms with Crippen LogP contribution in [-0.4, -0.2) is 43.6 Å². The Labute approximate surface area is 139 Å². The number of piperazine rings is 1. The predicted molar refractivity (Wildman–Crippen MR) is 84.6 cm³/mol. The molecule has 0 spiro atoms. The maximum atomic E-state index is 13.1. The molecule has 134 valence electrons. The Morgan fingerprint density at radius 1 is 1.33 bits per heavy atom. The van der Waals surface area contributed by atoms with Gasteiger partial charge in [-0.1, -0.05) is 17.7 Å². The van der Waals surface area contributed by atoms with Crippen molar-refractivity contribution in [3.05, 3.63) is 42.0 Å². The molecule has 24 heavy (non-hydrogen) atoms. The SMILES string of the molecule is C=C(C)C[C@H](c1cccc(OC(F)(F)C(F)F)c1)N1CCNCC1. The van der Waals surface area contributed by atoms with Gasteiger partial charge in [0.25, 0.3) is 0 Å². The number of halogens is 4. The topological polar surface area (TPSA) is 24.5 Å². The molecule has 7 heteroatoms. The van der Waals surface area contributed by atoms with Crippen molar-refractivity contribution in [3.8, 4) is 5.75 Å². The van der Waals surface area contributed by atoms with Crippen LogP contribution in [0.3, 0.4) is 0 Å². The van der Waals surface area contributed by atoms with Crippen LogP contribution in [0.1, 0.15) is 24.9 Å². The summed E-state index contributed by atoms with van der Waals surface area (Å²) < 4.78 is 55.1. The zero-order valence-corrected chi connectivity index (χ0v) is 13.6. The van der Waals surface area contributed by atoms with Gasteiger partial charge in [-0.25, -0.2) is 0 Å². The molecule has 1 saturated heterocycles. The van der Waals surface area contributed by atoms with Crippen LogP contribution >= 0.6 is 0 Å². The van der Waals surface area contributed by atoms with Gasteiger partial charge >= 0.3 is 12.5 Å². The normalized spacial score (nSPS) is 17.8. The van der Waals surface area contributed by atoms with Gasteiger partial charge in [0.15, 0.2) is 0 Å². The molecule has 0 amide bonds. The first-order valence-corrected chi connectivity index (χ1v) is 7.83. The number of hydrogen-bond acceptors (Lipinski definition) is 3. The van der Waals surface area contributed by atoms with Crippen LogP contribution in [0.5, 0.6) is 5.75 Å². The molecule has 0 bridgehead atoms. The first kappa shape index (κ1) is 18.7. The number of benzene rings is 1. The molecular formula is C17H22F4N2O. The molecule has 1 aromatic carbocycles. The number of alkyl halides is 4. The summed E-state index contributed by atoms with van der Waals surface area (Å²) in [7, 11) is 0. The van der Waals surface area contributed by atoms with Crippen molar-refractivity contribution >= 4 is 0 Å². The summed E-state index contributed by atoms with van der Waals surface area (Å²) in [6, 6.07) is 5.96. The van der Waals surface area contributed by atoms with Crippen LogP contribution in [0.15, 0.2) is 36.4 Å². The lowest BCUT2D eigenvalue weighted by atomic mass is 9.98. The van der Waals surface area contributed by atoms with E-state index in [1.54, 1.807) is 12.1 Å². The van der Waals surface area contributed by atoms with E-state index < -0.39 is 12.5 Å². The van der Waals surface area contributed by atoms with E-state index in [-0.39, 0.29) is 11.8 Å². The Kier molecular flexibility index (Phi) is 6.23. The van der Waals surface area contributed by atoms with Gasteiger partial charge in [0.1, 0.15) is 5.75 Å². The van der Waals surface area contributed by atoms with E-state index in [1.807, 2.05) is 6.92 Å². The summed E-state index contributed by atoms with van der Waals surface area (Å²) in [4.78, 5) is 2.23. The van der Waals surface area contributed by atoms with Gasteiger partial charge in [-0.05, 0) is 31.0 Å². The van der Waals surface area contributed by atoms with Gasteiger partial charge < -0.3 is 10.1 Å². The molecule has 0 aliphatic carbocycles. The maximum absolute atomic E-state index is 13.1. The quantitative estimate of drug-likeness (QED) is 0.600. The minimum atomic E-state index is -4.50. The fraction of sp³-hybridized carbons (Fsp3) is 0.529. The third kappa shape index (κ3) is 4.95. The highest BCUT2D eigenvalue weighted by molar-refractivity contribution is 5.31. The summed E-state index contributed by atoms with van der Waals surface area (Å²) in [5.41, 5.74) is 1.71. The minimum Gasteiger partial charge on any atom is -0.428 e. The van der Waals surface area contributed by atoms with Crippen molar-refractivity contribution < 1.29 is 22.3 Å². The number of ether oxygens (including phenoxy) is 1. The van der Waals surface area contributed by atoms with Crippen molar-refractivity contribution in [3.63, 3.8) is 0 Å². The van der Waals surface area contributed by atoms with Crippen molar-refractivity contribution in [1.82, 2.24) is 10.2 Å². The Bertz CT molecular complexity index is 559. The highest BCUT2D eigenvalue weighted by atomic mass is 19.3. The van der Waals surface area contributed by atoms with Crippen LogP contribution < -0.4 is 10.1 Å². The summed E-state index contributed by atoms with van der Waals surface area (Å²) >= 11 is 0. The molecule has 2 rings (SSSR count). The second-order valence-corrected chi connectivity index (χ2v) is 6.00. The molecule has 0 radical (unpaired) electrons. The maximum Gasteiger partial charge on any atom is 0.461 e. The molecule has 0 aromatic heterocycles. The Hall–Kier alpha value is -1.60. The summed E-state index contributed by atoms with van der Waals surface area (Å²) in [5.74, 6) is -0.264. The predicted octanol–water partition coefficient (Wildman–Crippen LogP) is 3.84. The van der Waals surface area contributed by atoms with Crippen LogP contribution in [0, 0.1) is 0 Å². The van der Waals surface area contributed by atoms with E-state index in [4.69, 9.17) is 0 Å². The monoisotopic (exact) mass is 346 g/mol. The molecule has 1 fully saturated rings. The molecule has 0 saturated carbocycles. The van der Waals surface area contributed by atoms with E-state index in [2.05, 4.69) is 21.5 Å². The average Bonchev–Trinajstić information content (AvgIpc) is 2.53. The fourth-order valence-corrected chi connectivity index (χ4v) is 2.77. The molecule has 1 atom stereocenters. The van der Waals surface area contributed by atoms with E-state index in [1.165, 1.54) is 12.1 Å². The average molecular weight is 346 g/mol. The molecule has 1 N–H and O–H groups in total. The van der Waals surface area contributed by atoms with E-state index >= 15 is 0 Å². The molecule has 1 aromatic rings. The Balaban J connectivity index is 2.23. The summed E-state index contributed by atoms with van der Waals surface area (Å²) in [6.07, 6.45) is -7.72. The molecule has 3 nitrogen and oxygen atoms in total. The standard InChI is InChI=1S/C17H22F4N2O/c1-12(2)10-15(23-8-6-22-7-9-23)13-4-3-5-14(11-13)24-17(20,21)16(18)19/h3-5,11,15-16,22H,1,6-10H2,2H3/t15-/m1/s1. The lowest BCUT2D eigenvalue weighted by Crippen LogP contribution is -2.45. The van der Waals surface area contributed by atoms with Gasteiger partial charge in [0.2, 0.25) is 0 Å². The lowest BCUT2D eigenvalue weighted by molar-refractivity contribution is -0.253. The highest BCUT2D eigenvalue weighted by Crippen LogP contribution is 2.32. The second-order valence-electron chi connectivity index (χ2n) is 6.00. The van der Waals surface area contributed by atoms with Crippen LogP contribution in [0.2, 0.25) is 0 Å². The van der Waals surface area contributed by atoms with Crippen LogP contribution in [0.25, 0.3) is 0 Å². The van der Waals surface area contributed by atoms with Crippen molar-refractivity contribution in [2.75, 3.05) is 26.2 Å². The molecule has 1 heterocycles. The molecule has 1 aliphatic heterocycles. The Morgan fingerprint density at radius 3 is 2.58 bits per heavy atom. The number of hydrogen-bond donors (Lipinski definition) is 1. The van der Waals surface area contributed by atoms with Crippen molar-refractivity contribution in [1.29, 1.82) is 0 Å². The van der Waals surface area contributed by atoms with Gasteiger partial charge in [-0.3, -0.25) is 4.90 Å². The lowest BCUT2D eigenvalue weighted by Gasteiger charge is -2.35. The smallest absolute Gasteiger partial charge is 0.428 e. The zero-order valence-electron chi connectivity index (χ0n) is 13.6. The third-order valence-electron chi connectivity index (χ3n) is 3.89. The Morgan fingerprint density at radius 2 is 2.00 bits per heavy atom. The van der Waals surface area contributed by atoms with E-state index in [0.29, 0.717) is 6.42 Å². The molecule has 1 aliphatic rings. The molecule has 0 unspecified atom stereocenters. The zero-order chi connectivity index (χ0) is 17.7. The van der Waals surface area contributed by atoms with Gasteiger partial charge in [-0.2, -0.15) is 17.6 Å². The second kappa shape index (κ2) is 7.98. The van der Waals surface area contributed by atoms with Crippen molar-refractivity contribution in [2.45, 2.75) is 31.9 Å². The third-order valence-corrected chi connectivity index (χ3v) is 3.89. The van der Waals surface area contributed by atoms with Crippen LogP contribution in [0.4, 0.5) is 17.6 Å². The largest absolute Gasteiger partial charge is 0.461 e. The van der Waals surface area contributed by atoms with E-state index in [9.17, 15) is 17.6 Å². The highest BCUT2D eigenvalue weighted by Gasteiger charge is 2.44. The van der Waals surface area contributed by atoms with Gasteiger partial charge in [0.05, 0.1) is 0 Å². The van der Waals surface area contributed by atoms with Gasteiger partial charge in [0, 0.05) is 32.2 Å². The summed E-state index contributed by atoms with van der Waals surface area (Å²) in [5, 5.41) is 3.26. The summed E-state index contributed by atoms with van der Waals surface area (Å²) in [6.45, 7) is 9.14. The van der Waals surface area contributed by atoms with Crippen LogP contribution in [-0.2, 0) is 0 Å². The first-order valence-electron chi connectivity index (χ1n) is 7.83. The first-order chi connectivity index (χ1) is 11.3. The van der Waals surface area contributed by atoms with Gasteiger partial charge in [-0.15, -0.1) is 6.58 Å². The molecular weight excluding hydrogens is 324 g/mol. The number of nitrogens with zero attached hydrogens (tertiary/aromatic N) is 1. The number of nitrogens with one attached hydrogen (secondary N) is 1. The fourth-order valence-electron chi connectivity index (χ4n) is 2.77.